The fourth-order valence-corrected chi connectivity index (χ4v) is 1.75. The average Bonchev–Trinajstić information content (AvgIpc) is 2.52. The number of alkyl halides is 3. The molecule has 0 aliphatic rings. The number of rotatable bonds is 4. The summed E-state index contributed by atoms with van der Waals surface area (Å²) in [6.07, 6.45) is -4.43. The maximum absolute atomic E-state index is 12.4. The van der Waals surface area contributed by atoms with E-state index < -0.39 is 17.7 Å². The molecule has 0 saturated carbocycles. The number of carbonyl (C=O) groups excluding carboxylic acids is 1. The van der Waals surface area contributed by atoms with Gasteiger partial charge in [0.05, 0.1) is 18.2 Å². The summed E-state index contributed by atoms with van der Waals surface area (Å²) < 4.78 is 47.3. The van der Waals surface area contributed by atoms with Crippen molar-refractivity contribution in [1.29, 1.82) is 0 Å². The van der Waals surface area contributed by atoms with Gasteiger partial charge in [-0.3, -0.25) is 0 Å². The highest BCUT2D eigenvalue weighted by Gasteiger charge is 2.30. The number of halogens is 3. The van der Waals surface area contributed by atoms with E-state index in [9.17, 15) is 18.0 Å². The molecule has 0 saturated heterocycles. The van der Waals surface area contributed by atoms with E-state index in [1.165, 1.54) is 0 Å². The summed E-state index contributed by atoms with van der Waals surface area (Å²) in [6.45, 7) is 0.0316. The molecule has 0 unspecified atom stereocenters. The van der Waals surface area contributed by atoms with Gasteiger partial charge in [0.25, 0.3) is 0 Å². The van der Waals surface area contributed by atoms with E-state index in [1.54, 1.807) is 31.4 Å². The van der Waals surface area contributed by atoms with Crippen LogP contribution in [0.25, 0.3) is 0 Å². The molecule has 6 heteroatoms. The van der Waals surface area contributed by atoms with Crippen molar-refractivity contribution in [3.8, 4) is 5.75 Å². The molecule has 0 bridgehead atoms. The SMILES string of the molecule is COc1ccc(COC(=O)c2ccc(C(F)(F)F)cc2)cc1. The van der Waals surface area contributed by atoms with E-state index in [1.807, 2.05) is 0 Å². The van der Waals surface area contributed by atoms with Crippen LogP contribution in [0.2, 0.25) is 0 Å². The van der Waals surface area contributed by atoms with Gasteiger partial charge in [0.1, 0.15) is 12.4 Å². The first-order valence-corrected chi connectivity index (χ1v) is 6.37. The molecule has 0 radical (unpaired) electrons. The standard InChI is InChI=1S/C16H13F3O3/c1-21-14-8-2-11(3-9-14)10-22-15(20)12-4-6-13(7-5-12)16(17,18)19/h2-9H,10H2,1H3. The van der Waals surface area contributed by atoms with Crippen LogP contribution in [0.5, 0.6) is 5.75 Å². The van der Waals surface area contributed by atoms with Gasteiger partial charge in [-0.25, -0.2) is 4.79 Å². The second-order valence-electron chi connectivity index (χ2n) is 4.50. The van der Waals surface area contributed by atoms with Gasteiger partial charge < -0.3 is 9.47 Å². The normalized spacial score (nSPS) is 11.1. The quantitative estimate of drug-likeness (QED) is 0.799. The monoisotopic (exact) mass is 310 g/mol. The Morgan fingerprint density at radius 2 is 1.59 bits per heavy atom. The highest BCUT2D eigenvalue weighted by molar-refractivity contribution is 5.89. The van der Waals surface area contributed by atoms with Crippen LogP contribution in [0.15, 0.2) is 48.5 Å². The molecular weight excluding hydrogens is 297 g/mol. The smallest absolute Gasteiger partial charge is 0.416 e. The molecule has 2 aromatic rings. The molecular formula is C16H13F3O3. The molecule has 0 spiro atoms. The van der Waals surface area contributed by atoms with Gasteiger partial charge >= 0.3 is 12.1 Å². The van der Waals surface area contributed by atoms with E-state index >= 15 is 0 Å². The number of esters is 1. The van der Waals surface area contributed by atoms with E-state index in [4.69, 9.17) is 9.47 Å². The van der Waals surface area contributed by atoms with Crippen LogP contribution in [0.1, 0.15) is 21.5 Å². The summed E-state index contributed by atoms with van der Waals surface area (Å²) in [7, 11) is 1.54. The minimum Gasteiger partial charge on any atom is -0.497 e. The number of hydrogen-bond donors (Lipinski definition) is 0. The summed E-state index contributed by atoms with van der Waals surface area (Å²) in [4.78, 5) is 11.8. The molecule has 2 rings (SSSR count). The molecule has 0 aromatic heterocycles. The maximum Gasteiger partial charge on any atom is 0.416 e. The Morgan fingerprint density at radius 3 is 2.09 bits per heavy atom. The molecule has 0 aliphatic heterocycles. The van der Waals surface area contributed by atoms with Crippen molar-refractivity contribution < 1.29 is 27.4 Å². The van der Waals surface area contributed by atoms with E-state index in [0.29, 0.717) is 5.75 Å². The Hall–Kier alpha value is -2.50. The van der Waals surface area contributed by atoms with Crippen LogP contribution in [0, 0.1) is 0 Å². The van der Waals surface area contributed by atoms with Gasteiger partial charge in [-0.2, -0.15) is 13.2 Å². The summed E-state index contributed by atoms with van der Waals surface area (Å²) in [5, 5.41) is 0. The van der Waals surface area contributed by atoms with Crippen LogP contribution in [0.4, 0.5) is 13.2 Å². The molecule has 22 heavy (non-hydrogen) atoms. The lowest BCUT2D eigenvalue weighted by Crippen LogP contribution is -2.08. The highest BCUT2D eigenvalue weighted by atomic mass is 19.4. The van der Waals surface area contributed by atoms with E-state index in [0.717, 1.165) is 29.8 Å². The highest BCUT2D eigenvalue weighted by Crippen LogP contribution is 2.29. The van der Waals surface area contributed by atoms with Crippen molar-refractivity contribution in [3.05, 3.63) is 65.2 Å². The van der Waals surface area contributed by atoms with Crippen LogP contribution in [0.3, 0.4) is 0 Å². The molecule has 116 valence electrons. The number of hydrogen-bond acceptors (Lipinski definition) is 3. The molecule has 0 aliphatic carbocycles. The first kappa shape index (κ1) is 15.9. The molecule has 0 fully saturated rings. The minimum atomic E-state index is -4.43. The average molecular weight is 310 g/mol. The van der Waals surface area contributed by atoms with Gasteiger partial charge in [0.2, 0.25) is 0 Å². The zero-order valence-corrected chi connectivity index (χ0v) is 11.7. The fraction of sp³-hybridized carbons (Fsp3) is 0.188. The molecule has 0 atom stereocenters. The lowest BCUT2D eigenvalue weighted by Gasteiger charge is -2.08. The Kier molecular flexibility index (Phi) is 4.70. The summed E-state index contributed by atoms with van der Waals surface area (Å²) in [5.41, 5.74) is 0.0155. The van der Waals surface area contributed by atoms with Crippen molar-refractivity contribution in [3.63, 3.8) is 0 Å². The molecule has 0 heterocycles. The Bertz CT molecular complexity index is 631. The third-order valence-corrected chi connectivity index (χ3v) is 2.98. The van der Waals surface area contributed by atoms with E-state index in [2.05, 4.69) is 0 Å². The largest absolute Gasteiger partial charge is 0.497 e. The molecule has 3 nitrogen and oxygen atoms in total. The zero-order valence-electron chi connectivity index (χ0n) is 11.7. The summed E-state index contributed by atoms with van der Waals surface area (Å²) in [6, 6.07) is 10.8. The number of ether oxygens (including phenoxy) is 2. The van der Waals surface area contributed by atoms with Gasteiger partial charge in [0.15, 0.2) is 0 Å². The van der Waals surface area contributed by atoms with Crippen molar-refractivity contribution >= 4 is 5.97 Å². The third-order valence-electron chi connectivity index (χ3n) is 2.98. The lowest BCUT2D eigenvalue weighted by atomic mass is 10.1. The minimum absolute atomic E-state index is 0.0316. The van der Waals surface area contributed by atoms with E-state index in [-0.39, 0.29) is 12.2 Å². The molecule has 2 aromatic carbocycles. The number of methoxy groups -OCH3 is 1. The Labute approximate surface area is 125 Å². The van der Waals surface area contributed by atoms with Gasteiger partial charge in [0, 0.05) is 0 Å². The van der Waals surface area contributed by atoms with Gasteiger partial charge in [-0.15, -0.1) is 0 Å². The maximum atomic E-state index is 12.4. The van der Waals surface area contributed by atoms with Crippen molar-refractivity contribution in [1.82, 2.24) is 0 Å². The zero-order chi connectivity index (χ0) is 16.2. The summed E-state index contributed by atoms with van der Waals surface area (Å²) in [5.74, 6) is 0.00218. The molecule has 0 amide bonds. The fourth-order valence-electron chi connectivity index (χ4n) is 1.75. The molecule has 0 N–H and O–H groups in total. The van der Waals surface area contributed by atoms with Crippen LogP contribution >= 0.6 is 0 Å². The number of carbonyl (C=O) groups is 1. The third kappa shape index (κ3) is 4.00. The topological polar surface area (TPSA) is 35.5 Å². The predicted molar refractivity (Wildman–Crippen MR) is 73.6 cm³/mol. The second-order valence-corrected chi connectivity index (χ2v) is 4.50. The van der Waals surface area contributed by atoms with Gasteiger partial charge in [-0.1, -0.05) is 12.1 Å². The van der Waals surface area contributed by atoms with Gasteiger partial charge in [-0.05, 0) is 42.0 Å². The van der Waals surface area contributed by atoms with Crippen LogP contribution < -0.4 is 4.74 Å². The van der Waals surface area contributed by atoms with Crippen molar-refractivity contribution in [2.45, 2.75) is 12.8 Å². The Morgan fingerprint density at radius 1 is 1.00 bits per heavy atom. The van der Waals surface area contributed by atoms with Crippen LogP contribution in [-0.2, 0) is 17.5 Å². The van der Waals surface area contributed by atoms with Crippen molar-refractivity contribution in [2.24, 2.45) is 0 Å². The van der Waals surface area contributed by atoms with Crippen molar-refractivity contribution in [2.75, 3.05) is 7.11 Å². The van der Waals surface area contributed by atoms with Crippen LogP contribution in [-0.4, -0.2) is 13.1 Å². The Balaban J connectivity index is 1.97. The first-order chi connectivity index (χ1) is 10.4. The number of benzene rings is 2. The summed E-state index contributed by atoms with van der Waals surface area (Å²) >= 11 is 0. The second kappa shape index (κ2) is 6.51. The predicted octanol–water partition coefficient (Wildman–Crippen LogP) is 4.07. The lowest BCUT2D eigenvalue weighted by molar-refractivity contribution is -0.137. The first-order valence-electron chi connectivity index (χ1n) is 6.37.